The topological polar surface area (TPSA) is 157 Å². The van der Waals surface area contributed by atoms with Crippen molar-refractivity contribution < 1.29 is 38.5 Å². The maximum atomic E-state index is 14.8. The van der Waals surface area contributed by atoms with E-state index in [1.807, 2.05) is 41.5 Å². The number of likely N-dealkylation sites (tertiary alicyclic amines) is 1. The molecule has 2 aromatic heterocycles. The van der Waals surface area contributed by atoms with Gasteiger partial charge in [-0.2, -0.15) is 0 Å². The van der Waals surface area contributed by atoms with E-state index in [4.69, 9.17) is 35.8 Å². The summed E-state index contributed by atoms with van der Waals surface area (Å²) in [6, 6.07) is 4.53. The first kappa shape index (κ1) is 40.9. The largest absolute Gasteiger partial charge is 0.495 e. The fraction of sp³-hybridized carbons (Fsp3) is 0.581. The van der Waals surface area contributed by atoms with E-state index < -0.39 is 40.8 Å². The number of aromatic nitrogens is 2. The number of Topliss-reactive ketones (excluding diaryl/α,β-unsaturated/α-hetero) is 1. The molecule has 3 heterocycles. The van der Waals surface area contributed by atoms with Crippen molar-refractivity contribution >= 4 is 62.6 Å². The van der Waals surface area contributed by atoms with Crippen LogP contribution in [-0.2, 0) is 23.9 Å². The molecule has 4 aliphatic rings. The summed E-state index contributed by atoms with van der Waals surface area (Å²) in [6.45, 7) is 15.6. The number of pyridine rings is 1. The molecule has 3 saturated carbocycles. The second kappa shape index (κ2) is 15.5. The number of allylic oxidation sites excluding steroid dienone is 1. The third-order valence-corrected chi connectivity index (χ3v) is 13.5. The van der Waals surface area contributed by atoms with Crippen LogP contribution in [-0.4, -0.2) is 81.5 Å². The molecule has 3 aromatic rings. The number of aryl methyl sites for hydroxylation is 1. The SMILES string of the molecule is C=C[C@@H]1C[C@]1(CC(=O)C1C[C@@H](Oc2cc(-c3nc(NC(C)C)sc3C)nc3c(Cl)c(OC)ccc23)CN1C(=O)[C@@H](CC(=O)OC1C[C@@H]2C[C@@H]2C1)C(C)(C)C)C(=O)O. The number of aliphatic carboxylic acids is 1. The minimum Gasteiger partial charge on any atom is -0.495 e. The Morgan fingerprint density at radius 1 is 1.11 bits per heavy atom. The molecule has 2 unspecified atom stereocenters. The molecule has 12 nitrogen and oxygen atoms in total. The molecule has 0 spiro atoms. The van der Waals surface area contributed by atoms with E-state index in [9.17, 15) is 24.3 Å². The minimum absolute atomic E-state index is 0.0367. The van der Waals surface area contributed by atoms with Gasteiger partial charge in [0, 0.05) is 35.2 Å². The van der Waals surface area contributed by atoms with Gasteiger partial charge in [0.1, 0.15) is 34.4 Å². The van der Waals surface area contributed by atoms with Crippen LogP contribution in [0.2, 0.25) is 5.02 Å². The molecular weight excluding hydrogens is 768 g/mol. The average Bonchev–Trinajstić information content (AvgIpc) is 3.86. The number of carbonyl (C=O) groups excluding carboxylic acids is 3. The molecular formula is C43H53ClN4O8S. The molecule has 3 aliphatic carbocycles. The Labute approximate surface area is 342 Å². The lowest BCUT2D eigenvalue weighted by Crippen LogP contribution is -2.48. The van der Waals surface area contributed by atoms with Gasteiger partial charge in [-0.15, -0.1) is 17.9 Å². The van der Waals surface area contributed by atoms with Gasteiger partial charge in [-0.05, 0) is 81.8 Å². The number of amides is 1. The molecule has 1 aromatic carbocycles. The molecule has 0 bridgehead atoms. The zero-order chi connectivity index (χ0) is 41.1. The Bertz CT molecular complexity index is 2100. The number of ether oxygens (including phenoxy) is 3. The van der Waals surface area contributed by atoms with Gasteiger partial charge in [0.15, 0.2) is 10.9 Å². The second-order valence-electron chi connectivity index (χ2n) is 17.8. The lowest BCUT2D eigenvalue weighted by atomic mass is 9.77. The van der Waals surface area contributed by atoms with Crippen LogP contribution >= 0.6 is 22.9 Å². The van der Waals surface area contributed by atoms with E-state index in [1.165, 1.54) is 29.8 Å². The average molecular weight is 821 g/mol. The van der Waals surface area contributed by atoms with Gasteiger partial charge in [-0.3, -0.25) is 19.2 Å². The van der Waals surface area contributed by atoms with Crippen LogP contribution in [0.3, 0.4) is 0 Å². The highest BCUT2D eigenvalue weighted by molar-refractivity contribution is 7.16. The standard InChI is InChI=1S/C43H53ClN4O8S/c1-9-25-18-43(25,40(52)53)19-32(49)31-15-27(20-48(31)39(51)29(42(5,6)7)16-35(50)56-26-13-23-12-24(23)14-26)55-34-17-30(37-22(4)57-41(47-37)45-21(2)3)46-38-28(34)10-11-33(54-8)36(38)44/h9-11,17,21,23-27,29,31H,1,12-16,18-20H2,2-8H3,(H,45,47)(H,52,53)/t23-,24+,25-,26?,27-,29-,31?,43-/m1/s1. The second-order valence-corrected chi connectivity index (χ2v) is 19.4. The van der Waals surface area contributed by atoms with E-state index in [0.717, 1.165) is 22.9 Å². The molecule has 1 saturated heterocycles. The molecule has 7 rings (SSSR count). The number of halogens is 1. The van der Waals surface area contributed by atoms with E-state index in [-0.39, 0.29) is 55.6 Å². The number of esters is 1. The van der Waals surface area contributed by atoms with Crippen LogP contribution in [0.4, 0.5) is 5.13 Å². The molecule has 4 fully saturated rings. The van der Waals surface area contributed by atoms with Gasteiger partial charge >= 0.3 is 11.9 Å². The number of carboxylic acids is 1. The summed E-state index contributed by atoms with van der Waals surface area (Å²) in [7, 11) is 1.53. The van der Waals surface area contributed by atoms with Crippen LogP contribution in [0.25, 0.3) is 22.3 Å². The van der Waals surface area contributed by atoms with Gasteiger partial charge in [-0.25, -0.2) is 9.97 Å². The molecule has 306 valence electrons. The highest BCUT2D eigenvalue weighted by Crippen LogP contribution is 2.57. The third-order valence-electron chi connectivity index (χ3n) is 12.3. The van der Waals surface area contributed by atoms with Gasteiger partial charge in [0.25, 0.3) is 0 Å². The number of carboxylic acid groups (broad SMARTS) is 1. The molecule has 57 heavy (non-hydrogen) atoms. The number of nitrogens with zero attached hydrogens (tertiary/aromatic N) is 3. The molecule has 14 heteroatoms. The van der Waals surface area contributed by atoms with Crippen molar-refractivity contribution in [1.82, 2.24) is 14.9 Å². The van der Waals surface area contributed by atoms with E-state index in [2.05, 4.69) is 11.9 Å². The molecule has 1 amide bonds. The summed E-state index contributed by atoms with van der Waals surface area (Å²) >= 11 is 8.38. The Balaban J connectivity index is 1.22. The summed E-state index contributed by atoms with van der Waals surface area (Å²) in [6.07, 6.45) is 3.75. The zero-order valence-corrected chi connectivity index (χ0v) is 35.3. The predicted molar refractivity (Wildman–Crippen MR) is 219 cm³/mol. The number of benzene rings is 1. The number of methoxy groups -OCH3 is 1. The smallest absolute Gasteiger partial charge is 0.310 e. The quantitative estimate of drug-likeness (QED) is 0.113. The van der Waals surface area contributed by atoms with Crippen LogP contribution in [0, 0.1) is 41.4 Å². The third kappa shape index (κ3) is 8.24. The Kier molecular flexibility index (Phi) is 11.1. The Morgan fingerprint density at radius 2 is 1.82 bits per heavy atom. The van der Waals surface area contributed by atoms with Gasteiger partial charge < -0.3 is 29.5 Å². The maximum absolute atomic E-state index is 14.8. The first-order chi connectivity index (χ1) is 26.9. The number of rotatable bonds is 15. The normalized spacial score (nSPS) is 26.9. The highest BCUT2D eigenvalue weighted by atomic mass is 35.5. The summed E-state index contributed by atoms with van der Waals surface area (Å²) in [5.74, 6) is -1.23. The minimum atomic E-state index is -1.26. The molecule has 0 radical (unpaired) electrons. The van der Waals surface area contributed by atoms with Crippen LogP contribution < -0.4 is 14.8 Å². The van der Waals surface area contributed by atoms with Gasteiger partial charge in [-0.1, -0.05) is 38.4 Å². The molecule has 1 aliphatic heterocycles. The number of hydrogen-bond donors (Lipinski definition) is 2. The van der Waals surface area contributed by atoms with Gasteiger partial charge in [0.2, 0.25) is 5.91 Å². The first-order valence-corrected chi connectivity index (χ1v) is 21.1. The summed E-state index contributed by atoms with van der Waals surface area (Å²) in [5.41, 5.74) is -0.308. The van der Waals surface area contributed by atoms with Crippen molar-refractivity contribution in [2.24, 2.45) is 34.5 Å². The zero-order valence-electron chi connectivity index (χ0n) is 33.7. The Hall–Kier alpha value is -4.23. The lowest BCUT2D eigenvalue weighted by molar-refractivity contribution is -0.157. The molecule has 8 atom stereocenters. The number of thiazole rings is 1. The fourth-order valence-corrected chi connectivity index (χ4v) is 10.1. The maximum Gasteiger partial charge on any atom is 0.310 e. The van der Waals surface area contributed by atoms with E-state index >= 15 is 0 Å². The van der Waals surface area contributed by atoms with Crippen molar-refractivity contribution in [3.05, 3.63) is 40.8 Å². The number of nitrogens with one attached hydrogen (secondary N) is 1. The lowest BCUT2D eigenvalue weighted by Gasteiger charge is -2.35. The monoisotopic (exact) mass is 820 g/mol. The van der Waals surface area contributed by atoms with Crippen molar-refractivity contribution in [3.8, 4) is 22.9 Å². The van der Waals surface area contributed by atoms with E-state index in [0.29, 0.717) is 57.1 Å². The van der Waals surface area contributed by atoms with Crippen molar-refractivity contribution in [3.63, 3.8) is 0 Å². The van der Waals surface area contributed by atoms with Crippen molar-refractivity contribution in [1.29, 1.82) is 0 Å². The van der Waals surface area contributed by atoms with Crippen LogP contribution in [0.15, 0.2) is 30.9 Å². The number of ketones is 1. The fourth-order valence-electron chi connectivity index (χ4n) is 8.86. The van der Waals surface area contributed by atoms with Crippen molar-refractivity contribution in [2.75, 3.05) is 19.0 Å². The highest BCUT2D eigenvalue weighted by Gasteiger charge is 2.61. The number of anilines is 1. The molecule has 2 N–H and O–H groups in total. The van der Waals surface area contributed by atoms with Gasteiger partial charge in [0.05, 0.1) is 48.7 Å². The number of carbonyl (C=O) groups is 4. The van der Waals surface area contributed by atoms with Crippen molar-refractivity contribution in [2.45, 2.75) is 111 Å². The summed E-state index contributed by atoms with van der Waals surface area (Å²) in [4.78, 5) is 67.2. The summed E-state index contributed by atoms with van der Waals surface area (Å²) < 4.78 is 18.2. The number of hydrogen-bond acceptors (Lipinski definition) is 11. The summed E-state index contributed by atoms with van der Waals surface area (Å²) in [5, 5.41) is 15.2. The van der Waals surface area contributed by atoms with E-state index in [1.54, 1.807) is 24.3 Å². The Morgan fingerprint density at radius 3 is 2.44 bits per heavy atom. The number of fused-ring (bicyclic) bond motifs is 2. The van der Waals surface area contributed by atoms with Crippen LogP contribution in [0.5, 0.6) is 11.5 Å². The predicted octanol–water partition coefficient (Wildman–Crippen LogP) is 8.13. The van der Waals surface area contributed by atoms with Crippen LogP contribution in [0.1, 0.15) is 84.4 Å². The first-order valence-electron chi connectivity index (χ1n) is 19.9.